The van der Waals surface area contributed by atoms with Crippen molar-refractivity contribution in [2.24, 2.45) is 0 Å². The summed E-state index contributed by atoms with van der Waals surface area (Å²) in [4.78, 5) is 12.1. The highest BCUT2D eigenvalue weighted by atomic mass is 19.1. The van der Waals surface area contributed by atoms with Gasteiger partial charge in [0.1, 0.15) is 5.82 Å². The molecule has 18 heavy (non-hydrogen) atoms. The maximum Gasteiger partial charge on any atom is 0.410 e. The Labute approximate surface area is 106 Å². The number of nitrogens with zero attached hydrogens (tertiary/aromatic N) is 1. The minimum atomic E-state index is -1.86. The maximum absolute atomic E-state index is 13.8. The first-order valence-electron chi connectivity index (χ1n) is 5.84. The Bertz CT molecular complexity index is 436. The molecule has 0 saturated carbocycles. The van der Waals surface area contributed by atoms with Gasteiger partial charge in [-0.05, 0) is 26.3 Å². The number of hydrogen-bond acceptors (Lipinski definition) is 2. The topological polar surface area (TPSA) is 60.8 Å². The van der Waals surface area contributed by atoms with E-state index in [9.17, 15) is 19.4 Å². The van der Waals surface area contributed by atoms with Crippen molar-refractivity contribution in [1.82, 2.24) is 4.90 Å². The molecule has 100 valence electrons. The summed E-state index contributed by atoms with van der Waals surface area (Å²) in [6.45, 7) is 4.88. The Morgan fingerprint density at radius 3 is 2.39 bits per heavy atom. The van der Waals surface area contributed by atoms with Crippen molar-refractivity contribution >= 4 is 6.09 Å². The lowest BCUT2D eigenvalue weighted by atomic mass is 9.96. The molecule has 0 aromatic heterocycles. The molecule has 0 radical (unpaired) electrons. The summed E-state index contributed by atoms with van der Waals surface area (Å²) in [5, 5.41) is 19.8. The van der Waals surface area contributed by atoms with Gasteiger partial charge < -0.3 is 10.2 Å². The second kappa shape index (κ2) is 5.35. The summed E-state index contributed by atoms with van der Waals surface area (Å²) in [6, 6.07) is 5.20. The van der Waals surface area contributed by atoms with Crippen LogP contribution in [0.2, 0.25) is 0 Å². The zero-order chi connectivity index (χ0) is 13.9. The number of aliphatic hydroxyl groups is 1. The van der Waals surface area contributed by atoms with Gasteiger partial charge in [-0.15, -0.1) is 0 Å². The third-order valence-electron chi connectivity index (χ3n) is 2.92. The molecule has 0 aliphatic rings. The van der Waals surface area contributed by atoms with Gasteiger partial charge in [-0.1, -0.05) is 25.1 Å². The highest BCUT2D eigenvalue weighted by Crippen LogP contribution is 2.32. The van der Waals surface area contributed by atoms with Crippen molar-refractivity contribution in [3.63, 3.8) is 0 Å². The number of rotatable bonds is 4. The van der Waals surface area contributed by atoms with Gasteiger partial charge in [0.2, 0.25) is 0 Å². The van der Waals surface area contributed by atoms with Crippen molar-refractivity contribution in [3.8, 4) is 0 Å². The summed E-state index contributed by atoms with van der Waals surface area (Å²) < 4.78 is 13.8. The van der Waals surface area contributed by atoms with Crippen molar-refractivity contribution in [1.29, 1.82) is 0 Å². The zero-order valence-corrected chi connectivity index (χ0v) is 10.7. The fourth-order valence-electron chi connectivity index (χ4n) is 2.08. The molecule has 1 aromatic rings. The number of carboxylic acid groups (broad SMARTS) is 1. The Hall–Kier alpha value is -1.62. The van der Waals surface area contributed by atoms with Gasteiger partial charge in [0.15, 0.2) is 5.72 Å². The van der Waals surface area contributed by atoms with Crippen molar-refractivity contribution in [2.75, 3.05) is 0 Å². The van der Waals surface area contributed by atoms with Crippen molar-refractivity contribution in [3.05, 3.63) is 35.6 Å². The van der Waals surface area contributed by atoms with Crippen LogP contribution in [0.1, 0.15) is 32.8 Å². The standard InChI is InChI=1S/C13H18FNO3/c1-4-13(18,15(9(2)3)12(16)17)10-7-5-6-8-11(10)14/h5-9,18H,4H2,1-3H3,(H,16,17)/t13-/m1/s1. The second-order valence-corrected chi connectivity index (χ2v) is 4.40. The quantitative estimate of drug-likeness (QED) is 0.813. The number of hydrogen-bond donors (Lipinski definition) is 2. The third kappa shape index (κ3) is 2.46. The van der Waals surface area contributed by atoms with E-state index < -0.39 is 23.7 Å². The summed E-state index contributed by atoms with van der Waals surface area (Å²) in [5.41, 5.74) is -1.88. The normalized spacial score (nSPS) is 14.3. The molecule has 0 spiro atoms. The number of carbonyl (C=O) groups is 1. The Morgan fingerprint density at radius 1 is 1.44 bits per heavy atom. The van der Waals surface area contributed by atoms with E-state index in [0.717, 1.165) is 4.90 Å². The molecule has 4 nitrogen and oxygen atoms in total. The van der Waals surface area contributed by atoms with Crippen LogP contribution in [-0.2, 0) is 5.72 Å². The van der Waals surface area contributed by atoms with Gasteiger partial charge in [-0.2, -0.15) is 0 Å². The zero-order valence-electron chi connectivity index (χ0n) is 10.7. The van der Waals surface area contributed by atoms with E-state index in [1.165, 1.54) is 18.2 Å². The van der Waals surface area contributed by atoms with E-state index in [1.54, 1.807) is 26.8 Å². The molecule has 0 heterocycles. The highest BCUT2D eigenvalue weighted by molar-refractivity contribution is 5.66. The van der Waals surface area contributed by atoms with Crippen LogP contribution >= 0.6 is 0 Å². The predicted molar refractivity (Wildman–Crippen MR) is 65.6 cm³/mol. The summed E-state index contributed by atoms with van der Waals surface area (Å²) in [5.74, 6) is -0.617. The first kappa shape index (κ1) is 14.4. The minimum absolute atomic E-state index is 0.0244. The molecule has 1 aromatic carbocycles. The molecule has 1 atom stereocenters. The molecule has 0 fully saturated rings. The van der Waals surface area contributed by atoms with Gasteiger partial charge in [0.25, 0.3) is 0 Å². The third-order valence-corrected chi connectivity index (χ3v) is 2.92. The van der Waals surface area contributed by atoms with Crippen molar-refractivity contribution in [2.45, 2.75) is 39.0 Å². The lowest BCUT2D eigenvalue weighted by Crippen LogP contribution is -2.52. The maximum atomic E-state index is 13.8. The Kier molecular flexibility index (Phi) is 4.29. The first-order valence-corrected chi connectivity index (χ1v) is 5.84. The van der Waals surface area contributed by atoms with Crippen LogP contribution in [0.25, 0.3) is 0 Å². The molecule has 5 heteroatoms. The predicted octanol–water partition coefficient (Wildman–Crippen LogP) is 2.77. The van der Waals surface area contributed by atoms with Crippen LogP contribution in [0.4, 0.5) is 9.18 Å². The summed E-state index contributed by atoms with van der Waals surface area (Å²) in [7, 11) is 0. The van der Waals surface area contributed by atoms with Crippen LogP contribution in [0, 0.1) is 5.82 Å². The smallest absolute Gasteiger partial charge is 0.410 e. The molecule has 1 amide bonds. The average molecular weight is 255 g/mol. The van der Waals surface area contributed by atoms with Gasteiger partial charge in [0.05, 0.1) is 0 Å². The van der Waals surface area contributed by atoms with Gasteiger partial charge in [0, 0.05) is 11.6 Å². The SMILES string of the molecule is CC[C@@](O)(c1ccccc1F)N(C(=O)O)C(C)C. The lowest BCUT2D eigenvalue weighted by Gasteiger charge is -2.40. The average Bonchev–Trinajstić information content (AvgIpc) is 2.28. The number of amides is 1. The van der Waals surface area contributed by atoms with E-state index in [4.69, 9.17) is 0 Å². The van der Waals surface area contributed by atoms with Gasteiger partial charge in [-0.25, -0.2) is 9.18 Å². The summed E-state index contributed by atoms with van der Waals surface area (Å²) in [6.07, 6.45) is -1.21. The molecule has 2 N–H and O–H groups in total. The van der Waals surface area contributed by atoms with Crippen LogP contribution in [0.3, 0.4) is 0 Å². The molecule has 0 aliphatic heterocycles. The molecule has 0 bridgehead atoms. The largest absolute Gasteiger partial charge is 0.465 e. The van der Waals surface area contributed by atoms with Crippen LogP contribution in [-0.4, -0.2) is 27.2 Å². The Morgan fingerprint density at radius 2 is 2.00 bits per heavy atom. The molecule has 1 rings (SSSR count). The van der Waals surface area contributed by atoms with E-state index in [2.05, 4.69) is 0 Å². The van der Waals surface area contributed by atoms with E-state index >= 15 is 0 Å². The number of halogens is 1. The lowest BCUT2D eigenvalue weighted by molar-refractivity contribution is -0.116. The van der Waals surface area contributed by atoms with Gasteiger partial charge in [-0.3, -0.25) is 4.90 Å². The molecule has 0 aliphatic carbocycles. The Balaban J connectivity index is 3.36. The van der Waals surface area contributed by atoms with E-state index in [1.807, 2.05) is 0 Å². The van der Waals surface area contributed by atoms with Crippen LogP contribution in [0.15, 0.2) is 24.3 Å². The van der Waals surface area contributed by atoms with E-state index in [0.29, 0.717) is 0 Å². The van der Waals surface area contributed by atoms with E-state index in [-0.39, 0.29) is 12.0 Å². The molecular weight excluding hydrogens is 237 g/mol. The van der Waals surface area contributed by atoms with Crippen molar-refractivity contribution < 1.29 is 19.4 Å². The summed E-state index contributed by atoms with van der Waals surface area (Å²) >= 11 is 0. The van der Waals surface area contributed by atoms with Crippen LogP contribution < -0.4 is 0 Å². The molecule has 0 unspecified atom stereocenters. The minimum Gasteiger partial charge on any atom is -0.465 e. The fourth-order valence-corrected chi connectivity index (χ4v) is 2.08. The molecular formula is C13H18FNO3. The second-order valence-electron chi connectivity index (χ2n) is 4.40. The highest BCUT2D eigenvalue weighted by Gasteiger charge is 2.41. The van der Waals surface area contributed by atoms with Gasteiger partial charge >= 0.3 is 6.09 Å². The fraction of sp³-hybridized carbons (Fsp3) is 0.462. The monoisotopic (exact) mass is 255 g/mol. The number of benzene rings is 1. The molecule has 0 saturated heterocycles. The first-order chi connectivity index (χ1) is 8.34. The van der Waals surface area contributed by atoms with Crippen LogP contribution in [0.5, 0.6) is 0 Å².